The van der Waals surface area contributed by atoms with E-state index in [-0.39, 0.29) is 5.56 Å². The Hall–Kier alpha value is -1.88. The fraction of sp³-hybridized carbons (Fsp3) is 0.577. The normalized spacial score (nSPS) is 27.7. The molecule has 0 N–H and O–H groups in total. The van der Waals surface area contributed by atoms with Gasteiger partial charge in [-0.2, -0.15) is 13.2 Å². The number of rotatable bonds is 7. The summed E-state index contributed by atoms with van der Waals surface area (Å²) in [6, 6.07) is 6.06. The Morgan fingerprint density at radius 2 is 1.52 bits per heavy atom. The summed E-state index contributed by atoms with van der Waals surface area (Å²) < 4.78 is 43.7. The maximum absolute atomic E-state index is 12.6. The lowest BCUT2D eigenvalue weighted by Gasteiger charge is -2.38. The van der Waals surface area contributed by atoms with Crippen LogP contribution in [0.4, 0.5) is 13.2 Å². The predicted octanol–water partition coefficient (Wildman–Crippen LogP) is 7.41. The van der Waals surface area contributed by atoms with Crippen molar-refractivity contribution in [2.75, 3.05) is 6.61 Å². The van der Waals surface area contributed by atoms with Gasteiger partial charge in [-0.15, -0.1) is 0 Å². The van der Waals surface area contributed by atoms with Crippen molar-refractivity contribution in [3.8, 4) is 0 Å². The van der Waals surface area contributed by atoms with E-state index in [1.165, 1.54) is 37.8 Å². The number of ketones is 1. The fourth-order valence-electron chi connectivity index (χ4n) is 5.16. The minimum atomic E-state index is -4.81. The van der Waals surface area contributed by atoms with Gasteiger partial charge in [0.2, 0.25) is 0 Å². The summed E-state index contributed by atoms with van der Waals surface area (Å²) >= 11 is 0. The van der Waals surface area contributed by atoms with E-state index in [0.29, 0.717) is 18.6 Å². The molecule has 0 aromatic heterocycles. The van der Waals surface area contributed by atoms with Crippen molar-refractivity contribution in [3.63, 3.8) is 0 Å². The van der Waals surface area contributed by atoms with Crippen molar-refractivity contribution in [3.05, 3.63) is 59.7 Å². The number of benzene rings is 1. The van der Waals surface area contributed by atoms with Crippen LogP contribution in [0.25, 0.3) is 0 Å². The first-order valence-electron chi connectivity index (χ1n) is 11.5. The molecule has 3 rings (SSSR count). The van der Waals surface area contributed by atoms with E-state index in [1.54, 1.807) is 12.1 Å². The molecule has 0 amide bonds. The molecule has 2 aliphatic carbocycles. The summed E-state index contributed by atoms with van der Waals surface area (Å²) in [5, 5.41) is 0. The van der Waals surface area contributed by atoms with Crippen molar-refractivity contribution in [2.24, 2.45) is 11.8 Å². The zero-order valence-electron chi connectivity index (χ0n) is 18.2. The van der Waals surface area contributed by atoms with Crippen LogP contribution in [0, 0.1) is 11.8 Å². The standard InChI is InChI=1S/C26H33F3O2/c1-2-3-4-5-18-31-24-16-14-22(15-17-24)20-8-6-19(7-9-20)21-10-12-23(13-11-21)25(30)26(27,28)29/h2-5,10-13,19-20,22,24H,6-9,14-18H2,1H3. The molecule has 2 saturated carbocycles. The topological polar surface area (TPSA) is 26.3 Å². The van der Waals surface area contributed by atoms with Gasteiger partial charge in [0, 0.05) is 5.56 Å². The van der Waals surface area contributed by atoms with E-state index in [1.807, 2.05) is 25.2 Å². The highest BCUT2D eigenvalue weighted by Crippen LogP contribution is 2.43. The number of Topliss-reactive ketones (excluding diaryl/α,β-unsaturated/α-hetero) is 1. The van der Waals surface area contributed by atoms with Gasteiger partial charge >= 0.3 is 6.18 Å². The summed E-state index contributed by atoms with van der Waals surface area (Å²) in [6.07, 6.45) is 12.9. The molecule has 0 bridgehead atoms. The SMILES string of the molecule is CC=CC=CCOC1CCC(C2CCC(c3ccc(C(=O)C(F)(F)F)cc3)CC2)CC1. The van der Waals surface area contributed by atoms with E-state index < -0.39 is 12.0 Å². The average molecular weight is 435 g/mol. The van der Waals surface area contributed by atoms with E-state index in [4.69, 9.17) is 4.74 Å². The van der Waals surface area contributed by atoms with E-state index in [9.17, 15) is 18.0 Å². The first-order chi connectivity index (χ1) is 14.9. The van der Waals surface area contributed by atoms with Crippen molar-refractivity contribution >= 4 is 5.78 Å². The molecule has 0 spiro atoms. The Bertz CT molecular complexity index is 748. The van der Waals surface area contributed by atoms with Crippen molar-refractivity contribution in [1.82, 2.24) is 0 Å². The molecule has 2 nitrogen and oxygen atoms in total. The largest absolute Gasteiger partial charge is 0.454 e. The second kappa shape index (κ2) is 11.1. The number of carbonyl (C=O) groups is 1. The molecule has 0 saturated heterocycles. The maximum atomic E-state index is 12.6. The molecule has 1 aromatic rings. The Kier molecular flexibility index (Phi) is 8.53. The number of hydrogen-bond acceptors (Lipinski definition) is 2. The molecule has 0 atom stereocenters. The van der Waals surface area contributed by atoms with Crippen molar-refractivity contribution in [1.29, 1.82) is 0 Å². The van der Waals surface area contributed by atoms with Gasteiger partial charge in [0.05, 0.1) is 12.7 Å². The molecule has 1 aromatic carbocycles. The summed E-state index contributed by atoms with van der Waals surface area (Å²) in [5.74, 6) is 0.134. The molecule has 0 aliphatic heterocycles. The van der Waals surface area contributed by atoms with Gasteiger partial charge in [0.1, 0.15) is 0 Å². The molecule has 0 heterocycles. The van der Waals surface area contributed by atoms with Gasteiger partial charge in [-0.1, -0.05) is 48.6 Å². The van der Waals surface area contributed by atoms with Crippen LogP contribution in [0.5, 0.6) is 0 Å². The van der Waals surface area contributed by atoms with Crippen LogP contribution in [-0.4, -0.2) is 24.7 Å². The molecule has 5 heteroatoms. The van der Waals surface area contributed by atoms with Crippen LogP contribution in [0.15, 0.2) is 48.6 Å². The number of carbonyl (C=O) groups excluding carboxylic acids is 1. The lowest BCUT2D eigenvalue weighted by atomic mass is 9.69. The number of hydrogen-bond donors (Lipinski definition) is 0. The summed E-state index contributed by atoms with van der Waals surface area (Å²) in [5.41, 5.74) is 0.779. The number of halogens is 3. The molecule has 31 heavy (non-hydrogen) atoms. The summed E-state index contributed by atoms with van der Waals surface area (Å²) in [4.78, 5) is 11.4. The van der Waals surface area contributed by atoms with E-state index in [2.05, 4.69) is 6.08 Å². The average Bonchev–Trinajstić information content (AvgIpc) is 2.78. The van der Waals surface area contributed by atoms with Crippen molar-refractivity contribution in [2.45, 2.75) is 76.5 Å². The van der Waals surface area contributed by atoms with Gasteiger partial charge in [-0.25, -0.2) is 0 Å². The molecular weight excluding hydrogens is 401 g/mol. The molecule has 0 radical (unpaired) electrons. The summed E-state index contributed by atoms with van der Waals surface area (Å²) in [6.45, 7) is 2.68. The van der Waals surface area contributed by atoms with E-state index in [0.717, 1.165) is 43.1 Å². The van der Waals surface area contributed by atoms with Crippen LogP contribution >= 0.6 is 0 Å². The smallest absolute Gasteiger partial charge is 0.374 e. The number of ether oxygens (including phenoxy) is 1. The molecule has 2 fully saturated rings. The second-order valence-corrected chi connectivity index (χ2v) is 8.88. The Labute approximate surface area is 183 Å². The van der Waals surface area contributed by atoms with E-state index >= 15 is 0 Å². The third-order valence-electron chi connectivity index (χ3n) is 6.93. The van der Waals surface area contributed by atoms with Crippen LogP contribution < -0.4 is 0 Å². The van der Waals surface area contributed by atoms with Crippen LogP contribution in [0.2, 0.25) is 0 Å². The van der Waals surface area contributed by atoms with Crippen LogP contribution in [0.3, 0.4) is 0 Å². The molecule has 0 unspecified atom stereocenters. The van der Waals surface area contributed by atoms with Gasteiger partial charge in [0.25, 0.3) is 5.78 Å². The van der Waals surface area contributed by atoms with Crippen LogP contribution in [0.1, 0.15) is 80.1 Å². The zero-order chi connectivity index (χ0) is 22.3. The first kappa shape index (κ1) is 23.8. The molecule has 2 aliphatic rings. The quantitative estimate of drug-likeness (QED) is 0.330. The lowest BCUT2D eigenvalue weighted by Crippen LogP contribution is -2.28. The van der Waals surface area contributed by atoms with Gasteiger partial charge < -0.3 is 4.74 Å². The number of allylic oxidation sites excluding steroid dienone is 3. The fourth-order valence-corrected chi connectivity index (χ4v) is 5.16. The van der Waals surface area contributed by atoms with Gasteiger partial charge in [-0.3, -0.25) is 4.79 Å². The maximum Gasteiger partial charge on any atom is 0.454 e. The van der Waals surface area contributed by atoms with Gasteiger partial charge in [0.15, 0.2) is 0 Å². The zero-order valence-corrected chi connectivity index (χ0v) is 18.2. The minimum absolute atomic E-state index is 0.277. The Balaban J connectivity index is 1.41. The third-order valence-corrected chi connectivity index (χ3v) is 6.93. The van der Waals surface area contributed by atoms with Crippen LogP contribution in [-0.2, 0) is 4.74 Å². The highest BCUT2D eigenvalue weighted by atomic mass is 19.4. The van der Waals surface area contributed by atoms with Gasteiger partial charge in [-0.05, 0) is 81.6 Å². The lowest BCUT2D eigenvalue weighted by molar-refractivity contribution is -0.0885. The molecular formula is C26H33F3O2. The monoisotopic (exact) mass is 434 g/mol. The Morgan fingerprint density at radius 1 is 0.935 bits per heavy atom. The highest BCUT2D eigenvalue weighted by Gasteiger charge is 2.39. The highest BCUT2D eigenvalue weighted by molar-refractivity contribution is 6.00. The second-order valence-electron chi connectivity index (χ2n) is 8.88. The third kappa shape index (κ3) is 6.80. The summed E-state index contributed by atoms with van der Waals surface area (Å²) in [7, 11) is 0. The Morgan fingerprint density at radius 3 is 2.06 bits per heavy atom. The molecule has 170 valence electrons. The van der Waals surface area contributed by atoms with Crippen molar-refractivity contribution < 1.29 is 22.7 Å². The minimum Gasteiger partial charge on any atom is -0.374 e. The predicted molar refractivity (Wildman–Crippen MR) is 117 cm³/mol. The number of alkyl halides is 3. The first-order valence-corrected chi connectivity index (χ1v) is 11.5.